The van der Waals surface area contributed by atoms with Crippen LogP contribution in [0.3, 0.4) is 0 Å². The van der Waals surface area contributed by atoms with Gasteiger partial charge in [-0.1, -0.05) is 19.9 Å². The highest BCUT2D eigenvalue weighted by atomic mass is 16.5. The van der Waals surface area contributed by atoms with Crippen molar-refractivity contribution in [2.24, 2.45) is 5.92 Å². The predicted octanol–water partition coefficient (Wildman–Crippen LogP) is 4.59. The number of rotatable bonds is 5. The molecule has 0 aliphatic heterocycles. The number of hydrogen-bond donors (Lipinski definition) is 1. The number of amides is 1. The monoisotopic (exact) mass is 297 g/mol. The van der Waals surface area contributed by atoms with Crippen molar-refractivity contribution in [2.45, 2.75) is 27.7 Å². The van der Waals surface area contributed by atoms with Crippen molar-refractivity contribution < 1.29 is 9.53 Å². The lowest BCUT2D eigenvalue weighted by Crippen LogP contribution is -2.12. The smallest absolute Gasteiger partial charge is 0.255 e. The molecule has 1 N–H and O–H groups in total. The fourth-order valence-corrected chi connectivity index (χ4v) is 1.98. The lowest BCUT2D eigenvalue weighted by atomic mass is 10.1. The second kappa shape index (κ2) is 7.12. The van der Waals surface area contributed by atoms with Crippen molar-refractivity contribution in [2.75, 3.05) is 11.9 Å². The normalized spacial score (nSPS) is 10.6. The Bertz CT molecular complexity index is 645. The van der Waals surface area contributed by atoms with Gasteiger partial charge in [-0.05, 0) is 67.3 Å². The van der Waals surface area contributed by atoms with Gasteiger partial charge in [0, 0.05) is 11.3 Å². The van der Waals surface area contributed by atoms with Crippen LogP contribution in [0.5, 0.6) is 5.75 Å². The van der Waals surface area contributed by atoms with E-state index in [1.807, 2.05) is 56.3 Å². The number of aryl methyl sites for hydroxylation is 2. The van der Waals surface area contributed by atoms with E-state index in [2.05, 4.69) is 19.2 Å². The van der Waals surface area contributed by atoms with Crippen LogP contribution in [0.25, 0.3) is 0 Å². The summed E-state index contributed by atoms with van der Waals surface area (Å²) in [5.41, 5.74) is 3.73. The average Bonchev–Trinajstić information content (AvgIpc) is 2.49. The van der Waals surface area contributed by atoms with E-state index in [1.54, 1.807) is 0 Å². The number of nitrogens with one attached hydrogen (secondary N) is 1. The Hall–Kier alpha value is -2.29. The molecule has 2 aromatic carbocycles. The molecule has 0 fully saturated rings. The minimum absolute atomic E-state index is 0.0982. The summed E-state index contributed by atoms with van der Waals surface area (Å²) in [6.07, 6.45) is 0. The molecule has 0 heterocycles. The summed E-state index contributed by atoms with van der Waals surface area (Å²) in [6, 6.07) is 13.2. The number of benzene rings is 2. The zero-order valence-electron chi connectivity index (χ0n) is 13.6. The SMILES string of the molecule is Cc1ccc(C(=O)Nc2ccc(OCC(C)C)cc2)cc1C. The molecule has 0 bridgehead atoms. The highest BCUT2D eigenvalue weighted by Gasteiger charge is 2.07. The summed E-state index contributed by atoms with van der Waals surface area (Å²) in [6.45, 7) is 8.95. The lowest BCUT2D eigenvalue weighted by Gasteiger charge is -2.10. The maximum Gasteiger partial charge on any atom is 0.255 e. The van der Waals surface area contributed by atoms with Crippen molar-refractivity contribution in [3.05, 3.63) is 59.2 Å². The second-order valence-electron chi connectivity index (χ2n) is 5.98. The standard InChI is InChI=1S/C19H23NO2/c1-13(2)12-22-18-9-7-17(8-10-18)20-19(21)16-6-5-14(3)15(4)11-16/h5-11,13H,12H2,1-4H3,(H,20,21). The molecule has 0 saturated carbocycles. The van der Waals surface area contributed by atoms with Crippen LogP contribution in [0.2, 0.25) is 0 Å². The first-order valence-corrected chi connectivity index (χ1v) is 7.57. The summed E-state index contributed by atoms with van der Waals surface area (Å²) in [7, 11) is 0. The third kappa shape index (κ3) is 4.35. The fourth-order valence-electron chi connectivity index (χ4n) is 1.98. The molecule has 0 aliphatic rings. The highest BCUT2D eigenvalue weighted by Crippen LogP contribution is 2.18. The number of carbonyl (C=O) groups is 1. The Morgan fingerprint density at radius 3 is 2.32 bits per heavy atom. The molecule has 22 heavy (non-hydrogen) atoms. The van der Waals surface area contributed by atoms with E-state index in [0.29, 0.717) is 18.1 Å². The first kappa shape index (κ1) is 16.1. The molecule has 0 radical (unpaired) electrons. The number of ether oxygens (including phenoxy) is 1. The molecule has 3 heteroatoms. The van der Waals surface area contributed by atoms with E-state index in [9.17, 15) is 4.79 Å². The number of carbonyl (C=O) groups excluding carboxylic acids is 1. The van der Waals surface area contributed by atoms with Crippen LogP contribution in [-0.4, -0.2) is 12.5 Å². The van der Waals surface area contributed by atoms with Crippen LogP contribution in [0.4, 0.5) is 5.69 Å². The van der Waals surface area contributed by atoms with Gasteiger partial charge in [-0.3, -0.25) is 4.79 Å². The summed E-state index contributed by atoms with van der Waals surface area (Å²) in [5, 5.41) is 2.90. The van der Waals surface area contributed by atoms with E-state index >= 15 is 0 Å². The zero-order chi connectivity index (χ0) is 16.1. The van der Waals surface area contributed by atoms with E-state index in [1.165, 1.54) is 5.56 Å². The summed E-state index contributed by atoms with van der Waals surface area (Å²) in [5.74, 6) is 1.21. The third-order valence-corrected chi connectivity index (χ3v) is 3.46. The van der Waals surface area contributed by atoms with Crippen molar-refractivity contribution in [3.63, 3.8) is 0 Å². The molecule has 0 aromatic heterocycles. The van der Waals surface area contributed by atoms with Crippen molar-refractivity contribution >= 4 is 11.6 Å². The van der Waals surface area contributed by atoms with Crippen LogP contribution in [0, 0.1) is 19.8 Å². The van der Waals surface area contributed by atoms with E-state index in [4.69, 9.17) is 4.74 Å². The van der Waals surface area contributed by atoms with Gasteiger partial charge in [0.2, 0.25) is 0 Å². The van der Waals surface area contributed by atoms with Gasteiger partial charge in [0.15, 0.2) is 0 Å². The van der Waals surface area contributed by atoms with E-state index in [0.717, 1.165) is 17.0 Å². The van der Waals surface area contributed by atoms with Gasteiger partial charge in [0.25, 0.3) is 5.91 Å². The maximum absolute atomic E-state index is 12.2. The molecule has 0 saturated heterocycles. The average molecular weight is 297 g/mol. The minimum Gasteiger partial charge on any atom is -0.493 e. The van der Waals surface area contributed by atoms with Crippen LogP contribution in [0.1, 0.15) is 35.3 Å². The van der Waals surface area contributed by atoms with Crippen LogP contribution in [0.15, 0.2) is 42.5 Å². The molecular weight excluding hydrogens is 274 g/mol. The summed E-state index contributed by atoms with van der Waals surface area (Å²) < 4.78 is 5.63. The molecule has 2 aromatic rings. The molecule has 1 amide bonds. The Labute approximate surface area is 132 Å². The van der Waals surface area contributed by atoms with Gasteiger partial charge in [0.1, 0.15) is 5.75 Å². The molecule has 3 nitrogen and oxygen atoms in total. The largest absolute Gasteiger partial charge is 0.493 e. The fraction of sp³-hybridized carbons (Fsp3) is 0.316. The zero-order valence-corrected chi connectivity index (χ0v) is 13.6. The predicted molar refractivity (Wildman–Crippen MR) is 90.6 cm³/mol. The molecule has 0 unspecified atom stereocenters. The maximum atomic E-state index is 12.2. The quantitative estimate of drug-likeness (QED) is 0.876. The molecule has 0 spiro atoms. The van der Waals surface area contributed by atoms with Crippen LogP contribution < -0.4 is 10.1 Å². The lowest BCUT2D eigenvalue weighted by molar-refractivity contribution is 0.102. The molecular formula is C19H23NO2. The molecule has 116 valence electrons. The van der Waals surface area contributed by atoms with Crippen LogP contribution >= 0.6 is 0 Å². The Morgan fingerprint density at radius 2 is 1.73 bits per heavy atom. The first-order chi connectivity index (χ1) is 10.5. The molecule has 0 aliphatic carbocycles. The second-order valence-corrected chi connectivity index (χ2v) is 5.98. The van der Waals surface area contributed by atoms with Crippen LogP contribution in [-0.2, 0) is 0 Å². The van der Waals surface area contributed by atoms with Gasteiger partial charge in [-0.2, -0.15) is 0 Å². The van der Waals surface area contributed by atoms with E-state index < -0.39 is 0 Å². The summed E-state index contributed by atoms with van der Waals surface area (Å²) >= 11 is 0. The molecule has 0 atom stereocenters. The third-order valence-electron chi connectivity index (χ3n) is 3.46. The number of anilines is 1. The van der Waals surface area contributed by atoms with E-state index in [-0.39, 0.29) is 5.91 Å². The van der Waals surface area contributed by atoms with Gasteiger partial charge in [-0.15, -0.1) is 0 Å². The van der Waals surface area contributed by atoms with Gasteiger partial charge in [-0.25, -0.2) is 0 Å². The minimum atomic E-state index is -0.0982. The van der Waals surface area contributed by atoms with Gasteiger partial charge >= 0.3 is 0 Å². The Morgan fingerprint density at radius 1 is 1.05 bits per heavy atom. The van der Waals surface area contributed by atoms with Gasteiger partial charge < -0.3 is 10.1 Å². The Balaban J connectivity index is 2.00. The number of hydrogen-bond acceptors (Lipinski definition) is 2. The highest BCUT2D eigenvalue weighted by molar-refractivity contribution is 6.04. The van der Waals surface area contributed by atoms with Crippen molar-refractivity contribution in [3.8, 4) is 5.75 Å². The molecule has 2 rings (SSSR count). The van der Waals surface area contributed by atoms with Gasteiger partial charge in [0.05, 0.1) is 6.61 Å². The Kier molecular flexibility index (Phi) is 5.21. The first-order valence-electron chi connectivity index (χ1n) is 7.57. The summed E-state index contributed by atoms with van der Waals surface area (Å²) in [4.78, 5) is 12.2. The topological polar surface area (TPSA) is 38.3 Å². The van der Waals surface area contributed by atoms with Crippen molar-refractivity contribution in [1.29, 1.82) is 0 Å². The van der Waals surface area contributed by atoms with Crippen molar-refractivity contribution in [1.82, 2.24) is 0 Å².